The van der Waals surface area contributed by atoms with Crippen LogP contribution in [0.15, 0.2) is 24.3 Å². The van der Waals surface area contributed by atoms with E-state index >= 15 is 0 Å². The van der Waals surface area contributed by atoms with Crippen molar-refractivity contribution in [1.82, 2.24) is 14.6 Å². The van der Waals surface area contributed by atoms with Gasteiger partial charge >= 0.3 is 0 Å². The predicted molar refractivity (Wildman–Crippen MR) is 73.8 cm³/mol. The molecule has 0 saturated carbocycles. The second-order valence-electron chi connectivity index (χ2n) is 4.29. The molecule has 0 atom stereocenters. The van der Waals surface area contributed by atoms with Gasteiger partial charge in [0.1, 0.15) is 5.82 Å². The Labute approximate surface area is 113 Å². The zero-order valence-electron chi connectivity index (χ0n) is 10.4. The third-order valence-corrected chi connectivity index (χ3v) is 4.18. The number of aryl methyl sites for hydroxylation is 1. The summed E-state index contributed by atoms with van der Waals surface area (Å²) in [6.07, 6.45) is 0.841. The molecule has 0 aliphatic carbocycles. The van der Waals surface area contributed by atoms with E-state index in [0.29, 0.717) is 12.4 Å². The molecule has 19 heavy (non-hydrogen) atoms. The van der Waals surface area contributed by atoms with Crippen LogP contribution in [0.2, 0.25) is 0 Å². The normalized spacial score (nSPS) is 11.3. The Morgan fingerprint density at radius 3 is 2.68 bits per heavy atom. The summed E-state index contributed by atoms with van der Waals surface area (Å²) in [6, 6.07) is 6.20. The summed E-state index contributed by atoms with van der Waals surface area (Å²) in [7, 11) is 0. The number of benzene rings is 1. The molecule has 2 heterocycles. The van der Waals surface area contributed by atoms with Gasteiger partial charge in [0.15, 0.2) is 5.82 Å². The fourth-order valence-electron chi connectivity index (χ4n) is 1.97. The van der Waals surface area contributed by atoms with Gasteiger partial charge < -0.3 is 5.73 Å². The van der Waals surface area contributed by atoms with Crippen LogP contribution in [0, 0.1) is 12.7 Å². The average Bonchev–Trinajstić information content (AvgIpc) is 2.92. The number of thiazole rings is 1. The van der Waals surface area contributed by atoms with Gasteiger partial charge in [0, 0.05) is 10.4 Å². The Hall–Kier alpha value is -1.79. The highest BCUT2D eigenvalue weighted by molar-refractivity contribution is 7.17. The number of fused-ring (bicyclic) bond motifs is 1. The van der Waals surface area contributed by atoms with Crippen molar-refractivity contribution in [3.05, 3.63) is 40.7 Å². The molecule has 2 N–H and O–H groups in total. The number of halogens is 1. The van der Waals surface area contributed by atoms with Crippen LogP contribution < -0.4 is 5.73 Å². The molecule has 6 heteroatoms. The third-order valence-electron chi connectivity index (χ3n) is 2.99. The van der Waals surface area contributed by atoms with E-state index in [2.05, 4.69) is 10.1 Å². The van der Waals surface area contributed by atoms with E-state index < -0.39 is 0 Å². The number of nitrogens with zero attached hydrogens (tertiary/aromatic N) is 3. The van der Waals surface area contributed by atoms with Gasteiger partial charge in [0.25, 0.3) is 0 Å². The van der Waals surface area contributed by atoms with Crippen LogP contribution in [0.1, 0.15) is 10.6 Å². The summed E-state index contributed by atoms with van der Waals surface area (Å²) in [5, 5.41) is 4.47. The van der Waals surface area contributed by atoms with Crippen molar-refractivity contribution in [2.24, 2.45) is 5.73 Å². The molecule has 0 saturated heterocycles. The lowest BCUT2D eigenvalue weighted by Crippen LogP contribution is -2.03. The number of hydrogen-bond donors (Lipinski definition) is 1. The van der Waals surface area contributed by atoms with Gasteiger partial charge in [-0.15, -0.1) is 5.10 Å². The first kappa shape index (κ1) is 12.3. The minimum atomic E-state index is -0.258. The second-order valence-corrected chi connectivity index (χ2v) is 5.35. The van der Waals surface area contributed by atoms with Crippen LogP contribution in [-0.4, -0.2) is 21.1 Å². The molecule has 0 bridgehead atoms. The van der Waals surface area contributed by atoms with Crippen molar-refractivity contribution in [2.75, 3.05) is 6.54 Å². The average molecular weight is 276 g/mol. The summed E-state index contributed by atoms with van der Waals surface area (Å²) in [6.45, 7) is 2.63. The van der Waals surface area contributed by atoms with Crippen molar-refractivity contribution in [3.8, 4) is 11.4 Å². The summed E-state index contributed by atoms with van der Waals surface area (Å²) in [5.74, 6) is 0.361. The minimum absolute atomic E-state index is 0.258. The Balaban J connectivity index is 2.05. The van der Waals surface area contributed by atoms with Crippen molar-refractivity contribution in [2.45, 2.75) is 13.3 Å². The molecular weight excluding hydrogens is 263 g/mol. The van der Waals surface area contributed by atoms with Crippen molar-refractivity contribution < 1.29 is 4.39 Å². The zero-order valence-corrected chi connectivity index (χ0v) is 11.2. The Kier molecular flexibility index (Phi) is 3.04. The molecular formula is C13H13FN4S. The molecule has 2 aromatic heterocycles. The van der Waals surface area contributed by atoms with E-state index in [0.717, 1.165) is 22.6 Å². The molecule has 0 aliphatic rings. The Morgan fingerprint density at radius 1 is 1.32 bits per heavy atom. The van der Waals surface area contributed by atoms with Gasteiger partial charge in [-0.2, -0.15) is 4.98 Å². The fraction of sp³-hybridized carbons (Fsp3) is 0.231. The fourth-order valence-corrected chi connectivity index (χ4v) is 3.04. The van der Waals surface area contributed by atoms with Gasteiger partial charge in [0.2, 0.25) is 4.96 Å². The minimum Gasteiger partial charge on any atom is -0.330 e. The van der Waals surface area contributed by atoms with Gasteiger partial charge in [0.05, 0.1) is 5.69 Å². The largest absolute Gasteiger partial charge is 0.330 e. The van der Waals surface area contributed by atoms with Crippen LogP contribution in [-0.2, 0) is 6.42 Å². The molecule has 0 amide bonds. The monoisotopic (exact) mass is 276 g/mol. The lowest BCUT2D eigenvalue weighted by molar-refractivity contribution is 0.628. The van der Waals surface area contributed by atoms with Crippen LogP contribution in [0.4, 0.5) is 4.39 Å². The Morgan fingerprint density at radius 2 is 2.05 bits per heavy atom. The summed E-state index contributed by atoms with van der Waals surface area (Å²) in [5.41, 5.74) is 7.47. The molecule has 0 aliphatic heterocycles. The second kappa shape index (κ2) is 4.71. The van der Waals surface area contributed by atoms with Gasteiger partial charge in [-0.25, -0.2) is 8.91 Å². The van der Waals surface area contributed by atoms with Gasteiger partial charge in [-0.05, 0) is 44.2 Å². The molecule has 98 valence electrons. The number of aromatic nitrogens is 3. The van der Waals surface area contributed by atoms with E-state index in [1.165, 1.54) is 17.0 Å². The van der Waals surface area contributed by atoms with Crippen LogP contribution in [0.5, 0.6) is 0 Å². The summed E-state index contributed by atoms with van der Waals surface area (Å²) >= 11 is 1.60. The maximum atomic E-state index is 12.9. The first-order chi connectivity index (χ1) is 9.19. The molecule has 0 spiro atoms. The topological polar surface area (TPSA) is 56.2 Å². The van der Waals surface area contributed by atoms with Gasteiger partial charge in [-0.3, -0.25) is 0 Å². The summed E-state index contributed by atoms with van der Waals surface area (Å²) < 4.78 is 14.7. The highest BCUT2D eigenvalue weighted by Crippen LogP contribution is 2.25. The number of hydrogen-bond acceptors (Lipinski definition) is 4. The highest BCUT2D eigenvalue weighted by atomic mass is 32.1. The van der Waals surface area contributed by atoms with Gasteiger partial charge in [-0.1, -0.05) is 11.3 Å². The van der Waals surface area contributed by atoms with E-state index in [9.17, 15) is 4.39 Å². The molecule has 0 unspecified atom stereocenters. The smallest absolute Gasteiger partial charge is 0.212 e. The standard InChI is InChI=1S/C13H13FN4S/c1-8-11(6-7-15)19-13-16-12(17-18(8)13)9-2-4-10(14)5-3-9/h2-5H,6-7,15H2,1H3. The van der Waals surface area contributed by atoms with E-state index in [1.54, 1.807) is 23.5 Å². The highest BCUT2D eigenvalue weighted by Gasteiger charge is 2.13. The third kappa shape index (κ3) is 2.13. The maximum absolute atomic E-state index is 12.9. The van der Waals surface area contributed by atoms with E-state index in [-0.39, 0.29) is 5.82 Å². The molecule has 4 nitrogen and oxygen atoms in total. The summed E-state index contributed by atoms with van der Waals surface area (Å²) in [4.78, 5) is 6.54. The predicted octanol–water partition coefficient (Wildman–Crippen LogP) is 2.41. The van der Waals surface area contributed by atoms with Crippen molar-refractivity contribution >= 4 is 16.3 Å². The Bertz CT molecular complexity index is 714. The SMILES string of the molecule is Cc1c(CCN)sc2nc(-c3ccc(F)cc3)nn12. The molecule has 3 aromatic rings. The molecule has 0 fully saturated rings. The number of rotatable bonds is 3. The first-order valence-corrected chi connectivity index (χ1v) is 6.81. The van der Waals surface area contributed by atoms with Crippen molar-refractivity contribution in [1.29, 1.82) is 0 Å². The lowest BCUT2D eigenvalue weighted by atomic mass is 10.2. The molecule has 1 aromatic carbocycles. The lowest BCUT2D eigenvalue weighted by Gasteiger charge is -1.96. The molecule has 3 rings (SSSR count). The quantitative estimate of drug-likeness (QED) is 0.799. The van der Waals surface area contributed by atoms with Crippen LogP contribution in [0.3, 0.4) is 0 Å². The van der Waals surface area contributed by atoms with Crippen LogP contribution in [0.25, 0.3) is 16.3 Å². The molecule has 0 radical (unpaired) electrons. The first-order valence-electron chi connectivity index (χ1n) is 6.00. The van der Waals surface area contributed by atoms with Crippen molar-refractivity contribution in [3.63, 3.8) is 0 Å². The van der Waals surface area contributed by atoms with Crippen LogP contribution >= 0.6 is 11.3 Å². The van der Waals surface area contributed by atoms with E-state index in [4.69, 9.17) is 5.73 Å². The van der Waals surface area contributed by atoms with E-state index in [1.807, 2.05) is 11.4 Å². The maximum Gasteiger partial charge on any atom is 0.212 e. The zero-order chi connectivity index (χ0) is 13.4. The number of nitrogens with two attached hydrogens (primary N) is 1.